The number of piperidine rings is 1. The number of likely N-dealkylation sites (tertiary alicyclic amines) is 1. The fourth-order valence-electron chi connectivity index (χ4n) is 2.36. The molecule has 0 amide bonds. The first-order chi connectivity index (χ1) is 8.86. The maximum absolute atomic E-state index is 5.95. The van der Waals surface area contributed by atoms with Gasteiger partial charge in [0, 0.05) is 6.04 Å². The van der Waals surface area contributed by atoms with Gasteiger partial charge in [-0.15, -0.1) is 0 Å². The molecule has 1 aliphatic rings. The van der Waals surface area contributed by atoms with Gasteiger partial charge >= 0.3 is 0 Å². The zero-order valence-corrected chi connectivity index (χ0v) is 12.4. The van der Waals surface area contributed by atoms with Gasteiger partial charge in [0.2, 0.25) is 5.89 Å². The summed E-state index contributed by atoms with van der Waals surface area (Å²) in [6.07, 6.45) is 2.38. The normalized spacial score (nSPS) is 19.3. The molecule has 19 heavy (non-hydrogen) atoms. The number of rotatable bonds is 4. The first-order valence-corrected chi connectivity index (χ1v) is 6.87. The molecule has 0 bridgehead atoms. The van der Waals surface area contributed by atoms with Crippen molar-refractivity contribution in [1.82, 2.24) is 19.9 Å². The molecule has 2 rings (SSSR count). The second kappa shape index (κ2) is 5.56. The van der Waals surface area contributed by atoms with Crippen LogP contribution in [0.25, 0.3) is 0 Å². The third-order valence-corrected chi connectivity index (χ3v) is 3.74. The Morgan fingerprint density at radius 3 is 2.58 bits per heavy atom. The molecule has 0 spiro atoms. The summed E-state index contributed by atoms with van der Waals surface area (Å²) in [5, 5.41) is 3.95. The van der Waals surface area contributed by atoms with E-state index in [1.165, 1.54) is 12.8 Å². The molecule has 0 unspecified atom stereocenters. The maximum atomic E-state index is 5.95. The van der Waals surface area contributed by atoms with Crippen LogP contribution in [0.3, 0.4) is 0 Å². The lowest BCUT2D eigenvalue weighted by molar-refractivity contribution is 0.128. The predicted molar refractivity (Wildman–Crippen MR) is 73.5 cm³/mol. The van der Waals surface area contributed by atoms with Crippen molar-refractivity contribution in [2.45, 2.75) is 44.8 Å². The number of hydrogen-bond donors (Lipinski definition) is 1. The Hall–Kier alpha value is -0.980. The minimum Gasteiger partial charge on any atom is -0.338 e. The molecule has 0 atom stereocenters. The van der Waals surface area contributed by atoms with E-state index in [0.717, 1.165) is 13.1 Å². The van der Waals surface area contributed by atoms with Gasteiger partial charge in [0.25, 0.3) is 0 Å². The van der Waals surface area contributed by atoms with Gasteiger partial charge in [-0.05, 0) is 53.9 Å². The average Bonchev–Trinajstić information content (AvgIpc) is 2.78. The molecule has 1 fully saturated rings. The van der Waals surface area contributed by atoms with Gasteiger partial charge in [-0.3, -0.25) is 4.90 Å². The molecule has 6 nitrogen and oxygen atoms in total. The summed E-state index contributed by atoms with van der Waals surface area (Å²) >= 11 is 0. The van der Waals surface area contributed by atoms with Gasteiger partial charge in [-0.1, -0.05) is 5.16 Å². The van der Waals surface area contributed by atoms with Crippen LogP contribution in [0.5, 0.6) is 0 Å². The first-order valence-electron chi connectivity index (χ1n) is 6.87. The molecule has 0 aliphatic carbocycles. The molecule has 2 heterocycles. The number of nitrogens with zero attached hydrogens (tertiary/aromatic N) is 4. The van der Waals surface area contributed by atoms with Crippen LogP contribution in [0.4, 0.5) is 0 Å². The van der Waals surface area contributed by atoms with Crippen LogP contribution in [0.15, 0.2) is 4.52 Å². The highest BCUT2D eigenvalue weighted by atomic mass is 16.5. The lowest BCUT2D eigenvalue weighted by Gasteiger charge is -2.34. The van der Waals surface area contributed by atoms with Crippen molar-refractivity contribution in [3.05, 3.63) is 11.7 Å². The Morgan fingerprint density at radius 2 is 2.05 bits per heavy atom. The van der Waals surface area contributed by atoms with Crippen LogP contribution in [0.1, 0.15) is 38.4 Å². The molecule has 0 radical (unpaired) electrons. The highest BCUT2D eigenvalue weighted by molar-refractivity contribution is 4.99. The highest BCUT2D eigenvalue weighted by Crippen LogP contribution is 2.17. The van der Waals surface area contributed by atoms with Crippen LogP contribution < -0.4 is 5.73 Å². The summed E-state index contributed by atoms with van der Waals surface area (Å²) in [5.74, 6) is 1.22. The maximum Gasteiger partial charge on any atom is 0.240 e. The van der Waals surface area contributed by atoms with Gasteiger partial charge in [-0.25, -0.2) is 0 Å². The summed E-state index contributed by atoms with van der Waals surface area (Å²) in [4.78, 5) is 9.04. The van der Waals surface area contributed by atoms with Crippen molar-refractivity contribution in [3.8, 4) is 0 Å². The van der Waals surface area contributed by atoms with Crippen LogP contribution >= 0.6 is 0 Å². The second-order valence-corrected chi connectivity index (χ2v) is 6.18. The fourth-order valence-corrected chi connectivity index (χ4v) is 2.36. The summed E-state index contributed by atoms with van der Waals surface area (Å²) < 4.78 is 5.28. The van der Waals surface area contributed by atoms with E-state index in [2.05, 4.69) is 34.0 Å². The van der Waals surface area contributed by atoms with E-state index in [9.17, 15) is 0 Å². The van der Waals surface area contributed by atoms with Gasteiger partial charge in [0.05, 0.1) is 12.1 Å². The Morgan fingerprint density at radius 1 is 1.42 bits per heavy atom. The lowest BCUT2D eigenvalue weighted by atomic mass is 10.0. The van der Waals surface area contributed by atoms with E-state index in [1.54, 1.807) is 0 Å². The van der Waals surface area contributed by atoms with E-state index in [0.29, 0.717) is 24.3 Å². The molecule has 0 saturated carbocycles. The third kappa shape index (κ3) is 3.75. The summed E-state index contributed by atoms with van der Waals surface area (Å²) in [6, 6.07) is 0.595. The van der Waals surface area contributed by atoms with Crippen LogP contribution in [-0.2, 0) is 12.1 Å². The number of hydrogen-bond acceptors (Lipinski definition) is 6. The molecule has 1 aliphatic heterocycles. The van der Waals surface area contributed by atoms with Crippen molar-refractivity contribution >= 4 is 0 Å². The summed E-state index contributed by atoms with van der Waals surface area (Å²) in [7, 11) is 4.29. The van der Waals surface area contributed by atoms with Crippen LogP contribution in [0.2, 0.25) is 0 Å². The summed E-state index contributed by atoms with van der Waals surface area (Å²) in [5.41, 5.74) is 5.41. The molecular weight excluding hydrogens is 242 g/mol. The quantitative estimate of drug-likeness (QED) is 0.869. The average molecular weight is 267 g/mol. The topological polar surface area (TPSA) is 71.4 Å². The SMILES string of the molecule is CN1CCC(N(C)Cc2nc(C(C)(C)N)no2)CC1. The fraction of sp³-hybridized carbons (Fsp3) is 0.846. The molecule has 6 heteroatoms. The lowest BCUT2D eigenvalue weighted by Crippen LogP contribution is -2.41. The number of aromatic nitrogens is 2. The van der Waals surface area contributed by atoms with Crippen molar-refractivity contribution in [1.29, 1.82) is 0 Å². The van der Waals surface area contributed by atoms with Gasteiger partial charge in [0.1, 0.15) is 0 Å². The van der Waals surface area contributed by atoms with Crippen molar-refractivity contribution in [3.63, 3.8) is 0 Å². The molecule has 108 valence electrons. The molecule has 1 aromatic rings. The minimum absolute atomic E-state index is 0.548. The zero-order valence-electron chi connectivity index (χ0n) is 12.4. The van der Waals surface area contributed by atoms with Gasteiger partial charge in [0.15, 0.2) is 5.82 Å². The zero-order chi connectivity index (χ0) is 14.0. The largest absolute Gasteiger partial charge is 0.338 e. The monoisotopic (exact) mass is 267 g/mol. The van der Waals surface area contributed by atoms with Crippen LogP contribution in [-0.4, -0.2) is 53.2 Å². The van der Waals surface area contributed by atoms with E-state index < -0.39 is 5.54 Å². The van der Waals surface area contributed by atoms with E-state index >= 15 is 0 Å². The van der Waals surface area contributed by atoms with Gasteiger partial charge < -0.3 is 15.2 Å². The predicted octanol–water partition coefficient (Wildman–Crippen LogP) is 0.789. The Balaban J connectivity index is 1.92. The molecular formula is C13H25N5O. The third-order valence-electron chi connectivity index (χ3n) is 3.74. The van der Waals surface area contributed by atoms with Crippen molar-refractivity contribution < 1.29 is 4.52 Å². The van der Waals surface area contributed by atoms with Gasteiger partial charge in [-0.2, -0.15) is 4.98 Å². The molecule has 1 saturated heterocycles. The second-order valence-electron chi connectivity index (χ2n) is 6.18. The van der Waals surface area contributed by atoms with Crippen molar-refractivity contribution in [2.75, 3.05) is 27.2 Å². The molecule has 0 aromatic carbocycles. The van der Waals surface area contributed by atoms with E-state index in [-0.39, 0.29) is 0 Å². The minimum atomic E-state index is -0.548. The first kappa shape index (κ1) is 14.4. The number of nitrogens with two attached hydrogens (primary N) is 1. The standard InChI is InChI=1S/C13H25N5O/c1-13(2,14)12-15-11(19-16-12)9-18(4)10-5-7-17(3)8-6-10/h10H,5-9,14H2,1-4H3. The van der Waals surface area contributed by atoms with E-state index in [1.807, 2.05) is 13.8 Å². The van der Waals surface area contributed by atoms with E-state index in [4.69, 9.17) is 10.3 Å². The molecule has 2 N–H and O–H groups in total. The molecule has 1 aromatic heterocycles. The Labute approximate surface area is 114 Å². The smallest absolute Gasteiger partial charge is 0.240 e. The summed E-state index contributed by atoms with van der Waals surface area (Å²) in [6.45, 7) is 6.75. The Bertz CT molecular complexity index is 403. The van der Waals surface area contributed by atoms with Crippen LogP contribution in [0, 0.1) is 0 Å². The van der Waals surface area contributed by atoms with Crippen molar-refractivity contribution in [2.24, 2.45) is 5.73 Å². The highest BCUT2D eigenvalue weighted by Gasteiger charge is 2.24. The Kier molecular flexibility index (Phi) is 4.23.